The molecule has 0 aliphatic rings. The van der Waals surface area contributed by atoms with Crippen molar-refractivity contribution >= 4 is 28.2 Å². The van der Waals surface area contributed by atoms with Crippen molar-refractivity contribution in [3.8, 4) is 12.1 Å². The number of thiazole rings is 1. The maximum Gasteiger partial charge on any atom is 0.356 e. The maximum atomic E-state index is 11.3. The summed E-state index contributed by atoms with van der Waals surface area (Å²) < 4.78 is 0. The summed E-state index contributed by atoms with van der Waals surface area (Å²) in [6.07, 6.45) is 0. The highest BCUT2D eigenvalue weighted by molar-refractivity contribution is 7.17. The number of ketones is 1. The van der Waals surface area contributed by atoms with E-state index in [4.69, 9.17) is 15.6 Å². The average molecular weight is 264 g/mol. The van der Waals surface area contributed by atoms with Crippen LogP contribution in [0.4, 0.5) is 5.13 Å². The number of nitriles is 2. The minimum absolute atomic E-state index is 0.0124. The summed E-state index contributed by atoms with van der Waals surface area (Å²) in [4.78, 5) is 27.3. The Balaban J connectivity index is 3.22. The standard InChI is InChI=1S/C10H8N4O3S/c1-6(15)8-7(9(16)17)13-10(18-8)14(4-2-11)5-3-12/h4-5H2,1H3,(H,16,17). The highest BCUT2D eigenvalue weighted by Gasteiger charge is 2.23. The Bertz CT molecular complexity index is 519. The molecule has 92 valence electrons. The largest absolute Gasteiger partial charge is 0.476 e. The van der Waals surface area contributed by atoms with Crippen molar-refractivity contribution < 1.29 is 14.7 Å². The molecule has 1 aromatic heterocycles. The number of anilines is 1. The molecule has 0 aliphatic heterocycles. The van der Waals surface area contributed by atoms with E-state index in [-0.39, 0.29) is 28.8 Å². The molecule has 0 atom stereocenters. The summed E-state index contributed by atoms with van der Waals surface area (Å²) in [5.74, 6) is -1.72. The molecule has 0 saturated heterocycles. The smallest absolute Gasteiger partial charge is 0.356 e. The SMILES string of the molecule is CC(=O)c1sc(N(CC#N)CC#N)nc1C(=O)O. The van der Waals surface area contributed by atoms with Gasteiger partial charge in [0.05, 0.1) is 12.1 Å². The third-order valence-electron chi connectivity index (χ3n) is 1.93. The highest BCUT2D eigenvalue weighted by Crippen LogP contribution is 2.26. The molecule has 0 amide bonds. The summed E-state index contributed by atoms with van der Waals surface area (Å²) >= 11 is 0.866. The number of rotatable bonds is 5. The van der Waals surface area contributed by atoms with E-state index in [0.29, 0.717) is 0 Å². The lowest BCUT2D eigenvalue weighted by molar-refractivity contribution is 0.0687. The van der Waals surface area contributed by atoms with Gasteiger partial charge in [-0.05, 0) is 0 Å². The second kappa shape index (κ2) is 5.75. The van der Waals surface area contributed by atoms with E-state index in [2.05, 4.69) is 4.98 Å². The monoisotopic (exact) mass is 264 g/mol. The fourth-order valence-corrected chi connectivity index (χ4v) is 2.14. The number of nitrogens with zero attached hydrogens (tertiary/aromatic N) is 4. The number of carboxylic acid groups (broad SMARTS) is 1. The van der Waals surface area contributed by atoms with Gasteiger partial charge in [-0.3, -0.25) is 4.79 Å². The van der Waals surface area contributed by atoms with Crippen LogP contribution in [0.1, 0.15) is 27.1 Å². The molecule has 0 aromatic carbocycles. The average Bonchev–Trinajstić information content (AvgIpc) is 2.73. The van der Waals surface area contributed by atoms with Gasteiger partial charge in [-0.2, -0.15) is 10.5 Å². The zero-order valence-electron chi connectivity index (χ0n) is 9.38. The van der Waals surface area contributed by atoms with Crippen molar-refractivity contribution in [3.63, 3.8) is 0 Å². The number of aromatic carboxylic acids is 1. The van der Waals surface area contributed by atoms with Crippen LogP contribution in [0.25, 0.3) is 0 Å². The van der Waals surface area contributed by atoms with E-state index < -0.39 is 11.8 Å². The molecule has 1 heterocycles. The van der Waals surface area contributed by atoms with Crippen molar-refractivity contribution in [3.05, 3.63) is 10.6 Å². The van der Waals surface area contributed by atoms with Crippen LogP contribution in [0.2, 0.25) is 0 Å². The lowest BCUT2D eigenvalue weighted by atomic mass is 10.3. The Morgan fingerprint density at radius 1 is 1.39 bits per heavy atom. The first-order valence-electron chi connectivity index (χ1n) is 4.75. The van der Waals surface area contributed by atoms with Crippen LogP contribution >= 0.6 is 11.3 Å². The fraction of sp³-hybridized carbons (Fsp3) is 0.300. The quantitative estimate of drug-likeness (QED) is 0.619. The number of carbonyl (C=O) groups is 2. The first kappa shape index (κ1) is 13.6. The van der Waals surface area contributed by atoms with Crippen LogP contribution in [-0.2, 0) is 0 Å². The molecule has 0 radical (unpaired) electrons. The van der Waals surface area contributed by atoms with Gasteiger partial charge in [-0.1, -0.05) is 11.3 Å². The maximum absolute atomic E-state index is 11.3. The summed E-state index contributed by atoms with van der Waals surface area (Å²) in [5, 5.41) is 26.3. The summed E-state index contributed by atoms with van der Waals surface area (Å²) in [6.45, 7) is 1.04. The van der Waals surface area contributed by atoms with Gasteiger partial charge in [0, 0.05) is 6.92 Å². The Hall–Kier alpha value is -2.45. The molecule has 0 unspecified atom stereocenters. The van der Waals surface area contributed by atoms with E-state index in [1.54, 1.807) is 0 Å². The Labute approximate surface area is 107 Å². The molecule has 1 rings (SSSR count). The first-order valence-corrected chi connectivity index (χ1v) is 5.56. The zero-order valence-corrected chi connectivity index (χ0v) is 10.2. The molecular weight excluding hydrogens is 256 g/mol. The second-order valence-corrected chi connectivity index (χ2v) is 4.19. The van der Waals surface area contributed by atoms with E-state index >= 15 is 0 Å². The van der Waals surface area contributed by atoms with Gasteiger partial charge in [-0.15, -0.1) is 0 Å². The predicted octanol–water partition coefficient (Wildman–Crippen LogP) is 0.897. The third-order valence-corrected chi connectivity index (χ3v) is 3.15. The van der Waals surface area contributed by atoms with Crippen LogP contribution in [0.3, 0.4) is 0 Å². The van der Waals surface area contributed by atoms with Gasteiger partial charge in [0.25, 0.3) is 0 Å². The molecule has 18 heavy (non-hydrogen) atoms. The second-order valence-electron chi connectivity index (χ2n) is 3.21. The van der Waals surface area contributed by atoms with Gasteiger partial charge in [0.15, 0.2) is 16.6 Å². The van der Waals surface area contributed by atoms with Crippen LogP contribution in [-0.4, -0.2) is 34.9 Å². The number of Topliss-reactive ketones (excluding diaryl/α,β-unsaturated/α-hetero) is 1. The molecule has 7 nitrogen and oxygen atoms in total. The molecule has 0 spiro atoms. The van der Waals surface area contributed by atoms with Gasteiger partial charge in [-0.25, -0.2) is 9.78 Å². The van der Waals surface area contributed by atoms with E-state index in [1.807, 2.05) is 12.1 Å². The summed E-state index contributed by atoms with van der Waals surface area (Å²) in [5.41, 5.74) is -0.344. The fourth-order valence-electron chi connectivity index (χ4n) is 1.19. The topological polar surface area (TPSA) is 118 Å². The van der Waals surface area contributed by atoms with Gasteiger partial charge in [0.2, 0.25) is 0 Å². The van der Waals surface area contributed by atoms with Crippen molar-refractivity contribution in [1.82, 2.24) is 4.98 Å². The molecule has 0 fully saturated rings. The van der Waals surface area contributed by atoms with E-state index in [9.17, 15) is 9.59 Å². The Morgan fingerprint density at radius 3 is 2.28 bits per heavy atom. The molecular formula is C10H8N4O3S. The van der Waals surface area contributed by atoms with Crippen LogP contribution in [0.5, 0.6) is 0 Å². The van der Waals surface area contributed by atoms with Crippen molar-refractivity contribution in [2.75, 3.05) is 18.0 Å². The number of carboxylic acids is 1. The number of aromatic nitrogens is 1. The summed E-state index contributed by atoms with van der Waals surface area (Å²) in [6, 6.07) is 3.69. The molecule has 1 N–H and O–H groups in total. The van der Waals surface area contributed by atoms with Crippen LogP contribution < -0.4 is 4.90 Å². The normalized spacial score (nSPS) is 9.28. The molecule has 1 aromatic rings. The van der Waals surface area contributed by atoms with Crippen molar-refractivity contribution in [1.29, 1.82) is 10.5 Å². The first-order chi connectivity index (χ1) is 8.51. The lowest BCUT2D eigenvalue weighted by Crippen LogP contribution is -2.23. The molecule has 0 saturated carbocycles. The Kier molecular flexibility index (Phi) is 4.35. The number of carbonyl (C=O) groups excluding carboxylic acids is 1. The van der Waals surface area contributed by atoms with Crippen molar-refractivity contribution in [2.24, 2.45) is 0 Å². The molecule has 8 heteroatoms. The van der Waals surface area contributed by atoms with Gasteiger partial charge < -0.3 is 10.0 Å². The highest BCUT2D eigenvalue weighted by atomic mass is 32.1. The third kappa shape index (κ3) is 2.81. The Morgan fingerprint density at radius 2 is 1.94 bits per heavy atom. The van der Waals surface area contributed by atoms with Gasteiger partial charge in [0.1, 0.15) is 18.0 Å². The zero-order chi connectivity index (χ0) is 13.7. The summed E-state index contributed by atoms with van der Waals surface area (Å²) in [7, 11) is 0. The minimum Gasteiger partial charge on any atom is -0.476 e. The van der Waals surface area contributed by atoms with E-state index in [0.717, 1.165) is 11.3 Å². The van der Waals surface area contributed by atoms with Crippen LogP contribution in [0, 0.1) is 22.7 Å². The number of hydrogen-bond acceptors (Lipinski definition) is 7. The predicted molar refractivity (Wildman–Crippen MR) is 62.5 cm³/mol. The lowest BCUT2D eigenvalue weighted by Gasteiger charge is -2.12. The van der Waals surface area contributed by atoms with Crippen LogP contribution in [0.15, 0.2) is 0 Å². The number of hydrogen-bond donors (Lipinski definition) is 1. The van der Waals surface area contributed by atoms with Gasteiger partial charge >= 0.3 is 5.97 Å². The molecule has 0 bridgehead atoms. The minimum atomic E-state index is -1.31. The van der Waals surface area contributed by atoms with E-state index in [1.165, 1.54) is 11.8 Å². The van der Waals surface area contributed by atoms with Crippen molar-refractivity contribution in [2.45, 2.75) is 6.92 Å². The molecule has 0 aliphatic carbocycles.